The van der Waals surface area contributed by atoms with Crippen LogP contribution in [0.25, 0.3) is 5.82 Å². The molecule has 0 saturated heterocycles. The first-order chi connectivity index (χ1) is 8.49. The molecule has 3 N–H and O–H groups in total. The lowest BCUT2D eigenvalue weighted by molar-refractivity contribution is 0.754. The molecule has 94 valence electrons. The average molecular weight is 262 g/mol. The lowest BCUT2D eigenvalue weighted by Gasteiger charge is -2.10. The van der Waals surface area contributed by atoms with Crippen molar-refractivity contribution in [2.75, 3.05) is 0 Å². The highest BCUT2D eigenvalue weighted by atomic mass is 32.1. The first-order valence-corrected chi connectivity index (χ1v) is 5.98. The number of nitrogens with zero attached hydrogens (tertiary/aromatic N) is 2. The third-order valence-corrected chi connectivity index (χ3v) is 2.75. The molecule has 0 aliphatic heterocycles. The van der Waals surface area contributed by atoms with Gasteiger partial charge in [0.25, 0.3) is 5.56 Å². The van der Waals surface area contributed by atoms with Gasteiger partial charge in [0.1, 0.15) is 16.6 Å². The second-order valence-corrected chi connectivity index (χ2v) is 4.71. The Labute approximate surface area is 110 Å². The summed E-state index contributed by atoms with van der Waals surface area (Å²) in [6, 6.07) is 5.03. The van der Waals surface area contributed by atoms with Crippen molar-refractivity contribution in [1.29, 1.82) is 0 Å². The second kappa shape index (κ2) is 4.73. The van der Waals surface area contributed by atoms with E-state index in [1.54, 1.807) is 16.8 Å². The molecule has 0 aliphatic carbocycles. The fourth-order valence-electron chi connectivity index (χ4n) is 1.64. The zero-order valence-electron chi connectivity index (χ0n) is 10.2. The monoisotopic (exact) mass is 262 g/mol. The first kappa shape index (κ1) is 12.5. The van der Waals surface area contributed by atoms with Crippen LogP contribution >= 0.6 is 12.2 Å². The first-order valence-electron chi connectivity index (χ1n) is 5.58. The molecule has 0 amide bonds. The van der Waals surface area contributed by atoms with Crippen molar-refractivity contribution in [3.8, 4) is 5.82 Å². The third-order valence-electron chi connectivity index (χ3n) is 2.54. The van der Waals surface area contributed by atoms with E-state index in [1.165, 1.54) is 6.07 Å². The predicted octanol–water partition coefficient (Wildman–Crippen LogP) is 1.32. The van der Waals surface area contributed by atoms with Crippen LogP contribution in [0.4, 0.5) is 0 Å². The molecule has 0 spiro atoms. The van der Waals surface area contributed by atoms with Crippen molar-refractivity contribution >= 4 is 17.2 Å². The van der Waals surface area contributed by atoms with Gasteiger partial charge in [0.15, 0.2) is 0 Å². The summed E-state index contributed by atoms with van der Waals surface area (Å²) in [6.07, 6.45) is 1.78. The van der Waals surface area contributed by atoms with Gasteiger partial charge >= 0.3 is 0 Å². The Bertz CT molecular complexity index is 642. The lowest BCUT2D eigenvalue weighted by atomic mass is 10.2. The van der Waals surface area contributed by atoms with Crippen LogP contribution in [-0.4, -0.2) is 19.5 Å². The Balaban J connectivity index is 2.60. The minimum Gasteiger partial charge on any atom is -0.388 e. The zero-order valence-corrected chi connectivity index (χ0v) is 11.0. The van der Waals surface area contributed by atoms with Crippen molar-refractivity contribution in [2.45, 2.75) is 19.8 Å². The van der Waals surface area contributed by atoms with Gasteiger partial charge in [0.2, 0.25) is 0 Å². The van der Waals surface area contributed by atoms with Gasteiger partial charge in [-0.3, -0.25) is 9.36 Å². The molecule has 6 heteroatoms. The normalized spacial score (nSPS) is 10.8. The number of rotatable bonds is 3. The minimum atomic E-state index is -0.189. The number of nitrogens with one attached hydrogen (secondary N) is 1. The van der Waals surface area contributed by atoms with Gasteiger partial charge in [-0.1, -0.05) is 26.1 Å². The van der Waals surface area contributed by atoms with Crippen LogP contribution in [0, 0.1) is 0 Å². The van der Waals surface area contributed by atoms with Crippen molar-refractivity contribution in [1.82, 2.24) is 14.5 Å². The van der Waals surface area contributed by atoms with Crippen LogP contribution in [0.3, 0.4) is 0 Å². The summed E-state index contributed by atoms with van der Waals surface area (Å²) >= 11 is 4.96. The van der Waals surface area contributed by atoms with Crippen molar-refractivity contribution in [3.63, 3.8) is 0 Å². The van der Waals surface area contributed by atoms with E-state index >= 15 is 0 Å². The van der Waals surface area contributed by atoms with Crippen LogP contribution in [0.2, 0.25) is 0 Å². The van der Waals surface area contributed by atoms with Gasteiger partial charge in [-0.05, 0) is 12.1 Å². The summed E-state index contributed by atoms with van der Waals surface area (Å²) < 4.78 is 1.71. The molecule has 0 aromatic carbocycles. The zero-order chi connectivity index (χ0) is 13.3. The molecular formula is C12H14N4OS. The highest BCUT2D eigenvalue weighted by Gasteiger charge is 2.10. The Hall–Kier alpha value is -1.95. The van der Waals surface area contributed by atoms with Gasteiger partial charge in [-0.15, -0.1) is 0 Å². The molecule has 0 atom stereocenters. The maximum atomic E-state index is 11.6. The maximum Gasteiger partial charge on any atom is 0.253 e. The Morgan fingerprint density at radius 1 is 1.56 bits per heavy atom. The molecule has 0 aliphatic rings. The topological polar surface area (TPSA) is 76.7 Å². The van der Waals surface area contributed by atoms with Gasteiger partial charge < -0.3 is 10.7 Å². The molecule has 5 nitrogen and oxygen atoms in total. The molecular weight excluding hydrogens is 248 g/mol. The largest absolute Gasteiger partial charge is 0.388 e. The molecule has 2 aromatic heterocycles. The van der Waals surface area contributed by atoms with Gasteiger partial charge in [0, 0.05) is 18.2 Å². The molecule has 2 heterocycles. The number of aromatic nitrogens is 3. The van der Waals surface area contributed by atoms with Crippen LogP contribution in [-0.2, 0) is 0 Å². The van der Waals surface area contributed by atoms with Crippen molar-refractivity contribution in [2.24, 2.45) is 5.73 Å². The molecule has 0 saturated carbocycles. The van der Waals surface area contributed by atoms with Crippen LogP contribution in [0.5, 0.6) is 0 Å². The van der Waals surface area contributed by atoms with E-state index in [0.717, 1.165) is 0 Å². The SMILES string of the molecule is CC(C)c1nc(-n2cccc2C(N)=S)cc(=O)[nH]1. The summed E-state index contributed by atoms with van der Waals surface area (Å²) in [4.78, 5) is 19.0. The van der Waals surface area contributed by atoms with Crippen molar-refractivity contribution < 1.29 is 0 Å². The molecule has 2 rings (SSSR count). The number of hydrogen-bond acceptors (Lipinski definition) is 3. The lowest BCUT2D eigenvalue weighted by Crippen LogP contribution is -2.19. The number of H-pyrrole nitrogens is 1. The fraction of sp³-hybridized carbons (Fsp3) is 0.250. The smallest absolute Gasteiger partial charge is 0.253 e. The predicted molar refractivity (Wildman–Crippen MR) is 74.2 cm³/mol. The molecule has 0 fully saturated rings. The Morgan fingerprint density at radius 3 is 2.89 bits per heavy atom. The summed E-state index contributed by atoms with van der Waals surface area (Å²) in [6.45, 7) is 3.93. The fourth-order valence-corrected chi connectivity index (χ4v) is 1.81. The third kappa shape index (κ3) is 2.33. The number of thiocarbonyl (C=S) groups is 1. The molecule has 0 radical (unpaired) electrons. The van der Waals surface area contributed by atoms with E-state index in [9.17, 15) is 4.79 Å². The number of nitrogens with two attached hydrogens (primary N) is 1. The standard InChI is InChI=1S/C12H14N4OS/c1-7(2)12-14-9(6-10(17)15-12)16-5-3-4-8(16)11(13)18/h3-7H,1-2H3,(H2,13,18)(H,14,15,17). The van der Waals surface area contributed by atoms with Crippen LogP contribution in [0.1, 0.15) is 31.3 Å². The highest BCUT2D eigenvalue weighted by Crippen LogP contribution is 2.12. The average Bonchev–Trinajstić information content (AvgIpc) is 2.76. The maximum absolute atomic E-state index is 11.6. The molecule has 18 heavy (non-hydrogen) atoms. The van der Waals surface area contributed by atoms with Gasteiger partial charge in [0.05, 0.1) is 5.69 Å². The molecule has 0 bridgehead atoms. The van der Waals surface area contributed by atoms with E-state index in [2.05, 4.69) is 9.97 Å². The van der Waals surface area contributed by atoms with Crippen molar-refractivity contribution in [3.05, 3.63) is 46.3 Å². The van der Waals surface area contributed by atoms with E-state index in [1.807, 2.05) is 19.9 Å². The summed E-state index contributed by atoms with van der Waals surface area (Å²) in [7, 11) is 0. The molecule has 0 unspecified atom stereocenters. The quantitative estimate of drug-likeness (QED) is 0.818. The summed E-state index contributed by atoms with van der Waals surface area (Å²) in [5.41, 5.74) is 6.11. The number of hydrogen-bond donors (Lipinski definition) is 2. The van der Waals surface area contributed by atoms with Gasteiger partial charge in [-0.2, -0.15) is 0 Å². The van der Waals surface area contributed by atoms with E-state index in [4.69, 9.17) is 18.0 Å². The van der Waals surface area contributed by atoms with Crippen LogP contribution < -0.4 is 11.3 Å². The van der Waals surface area contributed by atoms with E-state index < -0.39 is 0 Å². The van der Waals surface area contributed by atoms with E-state index in [0.29, 0.717) is 17.3 Å². The second-order valence-electron chi connectivity index (χ2n) is 4.27. The van der Waals surface area contributed by atoms with E-state index in [-0.39, 0.29) is 16.5 Å². The summed E-state index contributed by atoms with van der Waals surface area (Å²) in [5, 5.41) is 0. The highest BCUT2D eigenvalue weighted by molar-refractivity contribution is 7.80. The Kier molecular flexibility index (Phi) is 3.29. The summed E-state index contributed by atoms with van der Waals surface area (Å²) in [5.74, 6) is 1.30. The van der Waals surface area contributed by atoms with Gasteiger partial charge in [-0.25, -0.2) is 4.98 Å². The van der Waals surface area contributed by atoms with Crippen LogP contribution in [0.15, 0.2) is 29.2 Å². The minimum absolute atomic E-state index is 0.140. The number of aromatic amines is 1. The Morgan fingerprint density at radius 2 is 2.28 bits per heavy atom. The molecule has 2 aromatic rings.